The molecule has 0 aliphatic carbocycles. The number of anilines is 1. The molecule has 1 saturated heterocycles. The van der Waals surface area contributed by atoms with E-state index in [1.165, 1.54) is 51.0 Å². The molecule has 1 aromatic heterocycles. The van der Waals surface area contributed by atoms with E-state index in [0.29, 0.717) is 45.0 Å². The fraction of sp³-hybridized carbons (Fsp3) is 0.633. The summed E-state index contributed by atoms with van der Waals surface area (Å²) in [5, 5.41) is 0. The molecule has 0 unspecified atom stereocenters. The lowest BCUT2D eigenvalue weighted by atomic mass is 10.0. The largest absolute Gasteiger partial charge is 0.378 e. The quantitative estimate of drug-likeness (QED) is 0.317. The molecule has 2 aromatic rings. The Hall–Kier alpha value is -2.54. The van der Waals surface area contributed by atoms with Gasteiger partial charge in [-0.25, -0.2) is 14.4 Å². The van der Waals surface area contributed by atoms with Crippen LogP contribution in [0.5, 0.6) is 0 Å². The number of carbonyl (C=O) groups excluding carboxylic acids is 1. The molecule has 0 atom stereocenters. The van der Waals surface area contributed by atoms with E-state index >= 15 is 0 Å². The van der Waals surface area contributed by atoms with E-state index in [0.717, 1.165) is 55.0 Å². The second-order valence-corrected chi connectivity index (χ2v) is 10.4. The summed E-state index contributed by atoms with van der Waals surface area (Å²) >= 11 is 0. The van der Waals surface area contributed by atoms with Crippen LogP contribution in [0, 0.1) is 5.82 Å². The smallest absolute Gasteiger partial charge is 0.222 e. The molecule has 1 fully saturated rings. The second kappa shape index (κ2) is 14.4. The third-order valence-corrected chi connectivity index (χ3v) is 7.49. The number of benzene rings is 1. The highest BCUT2D eigenvalue weighted by atomic mass is 19.1. The minimum absolute atomic E-state index is 0.241. The van der Waals surface area contributed by atoms with Crippen molar-refractivity contribution in [1.29, 1.82) is 0 Å². The van der Waals surface area contributed by atoms with Crippen molar-refractivity contribution in [2.45, 2.75) is 90.5 Å². The third kappa shape index (κ3) is 8.22. The van der Waals surface area contributed by atoms with Crippen molar-refractivity contribution in [3.8, 4) is 0 Å². The predicted octanol–water partition coefficient (Wildman–Crippen LogP) is 5.85. The summed E-state index contributed by atoms with van der Waals surface area (Å²) in [5.74, 6) is 1.62. The van der Waals surface area contributed by atoms with Crippen molar-refractivity contribution in [3.63, 3.8) is 0 Å². The molecular formula is C30H43FN4O2. The van der Waals surface area contributed by atoms with E-state index in [4.69, 9.17) is 14.7 Å². The van der Waals surface area contributed by atoms with Crippen LogP contribution in [0.4, 0.5) is 10.2 Å². The molecular weight excluding hydrogens is 467 g/mol. The number of carbonyl (C=O) groups is 1. The average molecular weight is 511 g/mol. The number of nitrogens with zero attached hydrogens (tertiary/aromatic N) is 4. The number of amides is 1. The van der Waals surface area contributed by atoms with Gasteiger partial charge in [0.15, 0.2) is 0 Å². The first-order valence-corrected chi connectivity index (χ1v) is 14.4. The highest BCUT2D eigenvalue weighted by Gasteiger charge is 2.28. The molecule has 6 nitrogen and oxygen atoms in total. The van der Waals surface area contributed by atoms with Crippen LogP contribution >= 0.6 is 0 Å². The Kier molecular flexibility index (Phi) is 10.7. The molecule has 0 saturated carbocycles. The predicted molar refractivity (Wildman–Crippen MR) is 145 cm³/mol. The van der Waals surface area contributed by atoms with Crippen LogP contribution in [0.25, 0.3) is 0 Å². The van der Waals surface area contributed by atoms with Crippen LogP contribution in [0.15, 0.2) is 24.3 Å². The number of rotatable bonds is 13. The van der Waals surface area contributed by atoms with E-state index in [9.17, 15) is 9.18 Å². The molecule has 37 heavy (non-hydrogen) atoms. The molecule has 3 heterocycles. The molecule has 2 aliphatic heterocycles. The molecule has 202 valence electrons. The van der Waals surface area contributed by atoms with Crippen molar-refractivity contribution < 1.29 is 13.9 Å². The van der Waals surface area contributed by atoms with Crippen molar-refractivity contribution in [2.75, 3.05) is 37.7 Å². The number of halogens is 1. The minimum Gasteiger partial charge on any atom is -0.378 e. The summed E-state index contributed by atoms with van der Waals surface area (Å²) in [6, 6.07) is 6.64. The fourth-order valence-corrected chi connectivity index (χ4v) is 5.35. The molecule has 4 rings (SSSR count). The summed E-state index contributed by atoms with van der Waals surface area (Å²) in [6.45, 7) is 6.39. The van der Waals surface area contributed by atoms with Gasteiger partial charge in [-0.05, 0) is 24.1 Å². The van der Waals surface area contributed by atoms with Crippen LogP contribution in [0.1, 0.15) is 93.8 Å². The maximum Gasteiger partial charge on any atom is 0.222 e. The number of fused-ring (bicyclic) bond motifs is 1. The SMILES string of the molecule is CCCCCCCCCCCC(=O)N1CCc2nc(Cc3cccc(F)c3)nc(N3CCOCC3)c2C1. The minimum atomic E-state index is -0.245. The average Bonchev–Trinajstić information content (AvgIpc) is 2.92. The maximum atomic E-state index is 13.7. The zero-order valence-electron chi connectivity index (χ0n) is 22.5. The maximum absolute atomic E-state index is 13.7. The number of aromatic nitrogens is 2. The van der Waals surface area contributed by atoms with E-state index in [1.54, 1.807) is 12.1 Å². The molecule has 7 heteroatoms. The zero-order chi connectivity index (χ0) is 25.9. The highest BCUT2D eigenvalue weighted by molar-refractivity contribution is 5.76. The molecule has 0 N–H and O–H groups in total. The number of unbranched alkanes of at least 4 members (excludes halogenated alkanes) is 8. The van der Waals surface area contributed by atoms with Gasteiger partial charge >= 0.3 is 0 Å². The molecule has 2 aliphatic rings. The number of morpholine rings is 1. The summed E-state index contributed by atoms with van der Waals surface area (Å²) in [7, 11) is 0. The Balaban J connectivity index is 1.36. The highest BCUT2D eigenvalue weighted by Crippen LogP contribution is 2.29. The summed E-state index contributed by atoms with van der Waals surface area (Å²) < 4.78 is 19.3. The van der Waals surface area contributed by atoms with Gasteiger partial charge in [0.2, 0.25) is 5.91 Å². The van der Waals surface area contributed by atoms with Gasteiger partial charge in [0.25, 0.3) is 0 Å². The zero-order valence-corrected chi connectivity index (χ0v) is 22.5. The fourth-order valence-electron chi connectivity index (χ4n) is 5.35. The first-order chi connectivity index (χ1) is 18.1. The van der Waals surface area contributed by atoms with E-state index in [1.807, 2.05) is 11.0 Å². The monoisotopic (exact) mass is 510 g/mol. The van der Waals surface area contributed by atoms with Gasteiger partial charge in [0.05, 0.1) is 25.5 Å². The van der Waals surface area contributed by atoms with Gasteiger partial charge in [-0.3, -0.25) is 4.79 Å². The lowest BCUT2D eigenvalue weighted by Crippen LogP contribution is -2.41. The number of hydrogen-bond donors (Lipinski definition) is 0. The molecule has 0 bridgehead atoms. The van der Waals surface area contributed by atoms with Crippen LogP contribution < -0.4 is 4.90 Å². The molecule has 0 spiro atoms. The summed E-state index contributed by atoms with van der Waals surface area (Å²) in [4.78, 5) is 27.1. The molecule has 0 radical (unpaired) electrons. The van der Waals surface area contributed by atoms with Crippen molar-refractivity contribution in [1.82, 2.24) is 14.9 Å². The van der Waals surface area contributed by atoms with Gasteiger partial charge in [-0.15, -0.1) is 0 Å². The van der Waals surface area contributed by atoms with Crippen LogP contribution in [-0.2, 0) is 28.9 Å². The Bertz CT molecular complexity index is 1010. The Morgan fingerprint density at radius 1 is 0.973 bits per heavy atom. The number of hydrogen-bond acceptors (Lipinski definition) is 5. The Labute approximate surface area is 221 Å². The standard InChI is InChI=1S/C30H43FN4O2/c1-2-3-4-5-6-7-8-9-10-14-29(36)35-16-15-27-26(23-35)30(34-17-19-37-20-18-34)33-28(32-27)22-24-12-11-13-25(31)21-24/h11-13,21H,2-10,14-20,22-23H2,1H3. The van der Waals surface area contributed by atoms with Crippen molar-refractivity contribution >= 4 is 11.7 Å². The first-order valence-electron chi connectivity index (χ1n) is 14.4. The van der Waals surface area contributed by atoms with Gasteiger partial charge in [0.1, 0.15) is 17.5 Å². The van der Waals surface area contributed by atoms with E-state index in [-0.39, 0.29) is 11.7 Å². The van der Waals surface area contributed by atoms with Crippen LogP contribution in [0.2, 0.25) is 0 Å². The van der Waals surface area contributed by atoms with Crippen molar-refractivity contribution in [3.05, 3.63) is 52.7 Å². The van der Waals surface area contributed by atoms with Gasteiger partial charge in [-0.2, -0.15) is 0 Å². The lowest BCUT2D eigenvalue weighted by Gasteiger charge is -2.34. The summed E-state index contributed by atoms with van der Waals surface area (Å²) in [5.41, 5.74) is 2.95. The third-order valence-electron chi connectivity index (χ3n) is 7.49. The molecule has 1 amide bonds. The first kappa shape index (κ1) is 27.5. The summed E-state index contributed by atoms with van der Waals surface area (Å²) in [6.07, 6.45) is 13.1. The Morgan fingerprint density at radius 2 is 1.70 bits per heavy atom. The second-order valence-electron chi connectivity index (χ2n) is 10.4. The topological polar surface area (TPSA) is 58.6 Å². The van der Waals surface area contributed by atoms with Gasteiger partial charge < -0.3 is 14.5 Å². The van der Waals surface area contributed by atoms with Crippen molar-refractivity contribution in [2.24, 2.45) is 0 Å². The van der Waals surface area contributed by atoms with Crippen LogP contribution in [-0.4, -0.2) is 53.6 Å². The van der Waals surface area contributed by atoms with Gasteiger partial charge in [0, 0.05) is 44.5 Å². The normalized spacial score (nSPS) is 15.6. The Morgan fingerprint density at radius 3 is 2.43 bits per heavy atom. The van der Waals surface area contributed by atoms with E-state index in [2.05, 4.69) is 11.8 Å². The van der Waals surface area contributed by atoms with E-state index < -0.39 is 0 Å². The number of ether oxygens (including phenoxy) is 1. The molecule has 1 aromatic carbocycles. The van der Waals surface area contributed by atoms with Crippen LogP contribution in [0.3, 0.4) is 0 Å². The lowest BCUT2D eigenvalue weighted by molar-refractivity contribution is -0.132. The van der Waals surface area contributed by atoms with Gasteiger partial charge in [-0.1, -0.05) is 70.4 Å².